The second-order valence-electron chi connectivity index (χ2n) is 5.96. The molecule has 0 aliphatic carbocycles. The van der Waals surface area contributed by atoms with E-state index < -0.39 is 11.0 Å². The lowest BCUT2D eigenvalue weighted by Gasteiger charge is -2.31. The van der Waals surface area contributed by atoms with E-state index in [1.807, 2.05) is 46.8 Å². The van der Waals surface area contributed by atoms with Gasteiger partial charge in [-0.05, 0) is 40.2 Å². The van der Waals surface area contributed by atoms with Crippen molar-refractivity contribution in [3.05, 3.63) is 35.4 Å². The average Bonchev–Trinajstić information content (AvgIpc) is 2.29. The minimum absolute atomic E-state index is 0.0249. The SMILES string of the molecule is Cc1ccc(C(C)(C)NC(=O)C(C)(C)CCl)cc1. The molecule has 18 heavy (non-hydrogen) atoms. The quantitative estimate of drug-likeness (QED) is 0.830. The Bertz CT molecular complexity index is 421. The second-order valence-corrected chi connectivity index (χ2v) is 6.23. The van der Waals surface area contributed by atoms with Gasteiger partial charge >= 0.3 is 0 Å². The molecule has 0 unspecified atom stereocenters. The molecule has 0 atom stereocenters. The van der Waals surface area contributed by atoms with Crippen molar-refractivity contribution in [2.24, 2.45) is 5.41 Å². The molecule has 3 heteroatoms. The Balaban J connectivity index is 2.88. The van der Waals surface area contributed by atoms with E-state index in [0.717, 1.165) is 5.56 Å². The lowest BCUT2D eigenvalue weighted by atomic mass is 9.89. The van der Waals surface area contributed by atoms with Gasteiger partial charge in [0.15, 0.2) is 0 Å². The lowest BCUT2D eigenvalue weighted by molar-refractivity contribution is -0.130. The Hall–Kier alpha value is -1.02. The number of rotatable bonds is 4. The third-order valence-corrected chi connectivity index (χ3v) is 3.82. The Morgan fingerprint density at radius 3 is 2.11 bits per heavy atom. The molecule has 0 fully saturated rings. The van der Waals surface area contributed by atoms with Gasteiger partial charge in [0.1, 0.15) is 0 Å². The molecule has 1 aromatic carbocycles. The van der Waals surface area contributed by atoms with Crippen LogP contribution in [-0.4, -0.2) is 11.8 Å². The first kappa shape index (κ1) is 15.0. The Labute approximate surface area is 115 Å². The van der Waals surface area contributed by atoms with E-state index in [9.17, 15) is 4.79 Å². The number of hydrogen-bond donors (Lipinski definition) is 1. The fourth-order valence-electron chi connectivity index (χ4n) is 1.56. The number of aryl methyl sites for hydroxylation is 1. The highest BCUT2D eigenvalue weighted by atomic mass is 35.5. The first-order valence-corrected chi connectivity index (χ1v) is 6.68. The molecule has 0 heterocycles. The van der Waals surface area contributed by atoms with Crippen LogP contribution >= 0.6 is 11.6 Å². The maximum Gasteiger partial charge on any atom is 0.227 e. The highest BCUT2D eigenvalue weighted by Gasteiger charge is 2.31. The fourth-order valence-corrected chi connectivity index (χ4v) is 1.68. The fraction of sp³-hybridized carbons (Fsp3) is 0.533. The first-order valence-electron chi connectivity index (χ1n) is 6.15. The smallest absolute Gasteiger partial charge is 0.227 e. The maximum atomic E-state index is 12.2. The second kappa shape index (κ2) is 5.31. The van der Waals surface area contributed by atoms with E-state index in [0.29, 0.717) is 5.88 Å². The third kappa shape index (κ3) is 3.49. The largest absolute Gasteiger partial charge is 0.347 e. The molecule has 0 radical (unpaired) electrons. The Morgan fingerprint density at radius 2 is 1.67 bits per heavy atom. The summed E-state index contributed by atoms with van der Waals surface area (Å²) in [5.41, 5.74) is 1.35. The summed E-state index contributed by atoms with van der Waals surface area (Å²) in [5.74, 6) is 0.283. The molecular formula is C15H22ClNO. The van der Waals surface area contributed by atoms with E-state index >= 15 is 0 Å². The molecule has 2 nitrogen and oxygen atoms in total. The summed E-state index contributed by atoms with van der Waals surface area (Å²) < 4.78 is 0. The molecular weight excluding hydrogens is 246 g/mol. The minimum Gasteiger partial charge on any atom is -0.347 e. The van der Waals surface area contributed by atoms with Crippen molar-refractivity contribution in [2.45, 2.75) is 40.2 Å². The van der Waals surface area contributed by atoms with Crippen LogP contribution in [0.4, 0.5) is 0 Å². The molecule has 100 valence electrons. The molecule has 0 aromatic heterocycles. The van der Waals surface area contributed by atoms with E-state index in [1.165, 1.54) is 5.56 Å². The molecule has 0 bridgehead atoms. The molecule has 1 N–H and O–H groups in total. The van der Waals surface area contributed by atoms with Crippen LogP contribution in [0, 0.1) is 12.3 Å². The van der Waals surface area contributed by atoms with E-state index in [4.69, 9.17) is 11.6 Å². The monoisotopic (exact) mass is 267 g/mol. The van der Waals surface area contributed by atoms with Crippen LogP contribution in [-0.2, 0) is 10.3 Å². The summed E-state index contributed by atoms with van der Waals surface area (Å²) >= 11 is 5.82. The molecule has 0 aliphatic rings. The van der Waals surface area contributed by atoms with E-state index in [2.05, 4.69) is 17.4 Å². The summed E-state index contributed by atoms with van der Waals surface area (Å²) in [4.78, 5) is 12.2. The molecule has 1 amide bonds. The standard InChI is InChI=1S/C15H22ClNO/c1-11-6-8-12(9-7-11)15(4,5)17-13(18)14(2,3)10-16/h6-9H,10H2,1-5H3,(H,17,18). The van der Waals surface area contributed by atoms with Crippen molar-refractivity contribution in [1.82, 2.24) is 5.32 Å². The zero-order chi connectivity index (χ0) is 14.0. The molecule has 0 aliphatic heterocycles. The Kier molecular flexibility index (Phi) is 4.44. The van der Waals surface area contributed by atoms with E-state index in [-0.39, 0.29) is 5.91 Å². The van der Waals surface area contributed by atoms with Gasteiger partial charge in [0.05, 0.1) is 11.0 Å². The predicted molar refractivity (Wildman–Crippen MR) is 76.8 cm³/mol. The zero-order valence-corrected chi connectivity index (χ0v) is 12.6. The van der Waals surface area contributed by atoms with Crippen molar-refractivity contribution in [2.75, 3.05) is 5.88 Å². The first-order chi connectivity index (χ1) is 8.19. The number of alkyl halides is 1. The van der Waals surface area contributed by atoms with Gasteiger partial charge in [-0.1, -0.05) is 29.8 Å². The topological polar surface area (TPSA) is 29.1 Å². The van der Waals surface area contributed by atoms with Crippen molar-refractivity contribution in [3.8, 4) is 0 Å². The summed E-state index contributed by atoms with van der Waals surface area (Å²) in [6.07, 6.45) is 0. The summed E-state index contributed by atoms with van der Waals surface area (Å²) in [7, 11) is 0. The summed E-state index contributed by atoms with van der Waals surface area (Å²) in [6.45, 7) is 9.74. The van der Waals surface area contributed by atoms with Crippen LogP contribution in [0.3, 0.4) is 0 Å². The number of halogens is 1. The number of carbonyl (C=O) groups excluding carboxylic acids is 1. The van der Waals surface area contributed by atoms with Crippen LogP contribution < -0.4 is 5.32 Å². The Morgan fingerprint density at radius 1 is 1.17 bits per heavy atom. The maximum absolute atomic E-state index is 12.2. The van der Waals surface area contributed by atoms with Gasteiger partial charge in [-0.3, -0.25) is 4.79 Å². The minimum atomic E-state index is -0.552. The third-order valence-electron chi connectivity index (χ3n) is 3.15. The molecule has 1 rings (SSSR count). The molecule has 0 saturated heterocycles. The normalized spacial score (nSPS) is 12.3. The van der Waals surface area contributed by atoms with Gasteiger partial charge in [-0.2, -0.15) is 0 Å². The van der Waals surface area contributed by atoms with Crippen LogP contribution in [0.5, 0.6) is 0 Å². The van der Waals surface area contributed by atoms with Crippen molar-refractivity contribution in [1.29, 1.82) is 0 Å². The summed E-state index contributed by atoms with van der Waals surface area (Å²) in [6, 6.07) is 8.19. The lowest BCUT2D eigenvalue weighted by Crippen LogP contribution is -2.47. The highest BCUT2D eigenvalue weighted by Crippen LogP contribution is 2.24. The van der Waals surface area contributed by atoms with Gasteiger partial charge < -0.3 is 5.32 Å². The van der Waals surface area contributed by atoms with Gasteiger partial charge in [0.2, 0.25) is 5.91 Å². The number of carbonyl (C=O) groups is 1. The van der Waals surface area contributed by atoms with Gasteiger partial charge in [-0.15, -0.1) is 11.6 Å². The van der Waals surface area contributed by atoms with Crippen molar-refractivity contribution >= 4 is 17.5 Å². The number of amides is 1. The summed E-state index contributed by atoms with van der Waals surface area (Å²) in [5, 5.41) is 3.06. The van der Waals surface area contributed by atoms with Crippen molar-refractivity contribution in [3.63, 3.8) is 0 Å². The van der Waals surface area contributed by atoms with Crippen LogP contribution in [0.2, 0.25) is 0 Å². The number of benzene rings is 1. The van der Waals surface area contributed by atoms with Crippen molar-refractivity contribution < 1.29 is 4.79 Å². The molecule has 1 aromatic rings. The molecule has 0 spiro atoms. The highest BCUT2D eigenvalue weighted by molar-refractivity contribution is 6.19. The zero-order valence-electron chi connectivity index (χ0n) is 11.8. The molecule has 0 saturated carbocycles. The van der Waals surface area contributed by atoms with Crippen LogP contribution in [0.15, 0.2) is 24.3 Å². The van der Waals surface area contributed by atoms with Gasteiger partial charge in [0, 0.05) is 5.88 Å². The average molecular weight is 268 g/mol. The van der Waals surface area contributed by atoms with Gasteiger partial charge in [0.25, 0.3) is 0 Å². The van der Waals surface area contributed by atoms with Crippen LogP contribution in [0.25, 0.3) is 0 Å². The van der Waals surface area contributed by atoms with Crippen LogP contribution in [0.1, 0.15) is 38.8 Å². The van der Waals surface area contributed by atoms with Gasteiger partial charge in [-0.25, -0.2) is 0 Å². The predicted octanol–water partition coefficient (Wildman–Crippen LogP) is 3.61. The number of hydrogen-bond acceptors (Lipinski definition) is 1. The van der Waals surface area contributed by atoms with E-state index in [1.54, 1.807) is 0 Å². The number of nitrogens with one attached hydrogen (secondary N) is 1.